The van der Waals surface area contributed by atoms with E-state index in [2.05, 4.69) is 44.5 Å². The van der Waals surface area contributed by atoms with Gasteiger partial charge in [-0.15, -0.1) is 24.0 Å². The van der Waals surface area contributed by atoms with E-state index in [1.165, 1.54) is 5.56 Å². The van der Waals surface area contributed by atoms with Crippen LogP contribution >= 0.6 is 24.0 Å². The number of fused-ring (bicyclic) bond motifs is 1. The molecule has 2 aliphatic rings. The Balaban J connectivity index is 0.00000272. The van der Waals surface area contributed by atoms with Crippen LogP contribution < -0.4 is 5.32 Å². The molecule has 1 aromatic heterocycles. The van der Waals surface area contributed by atoms with Crippen molar-refractivity contribution in [2.24, 2.45) is 4.99 Å². The molecule has 1 atom stereocenters. The van der Waals surface area contributed by atoms with Gasteiger partial charge in [0.2, 0.25) is 0 Å². The van der Waals surface area contributed by atoms with Gasteiger partial charge >= 0.3 is 6.09 Å². The molecule has 2 aliphatic heterocycles. The molecular weight excluding hydrogens is 505 g/mol. The normalized spacial score (nSPS) is 18.0. The van der Waals surface area contributed by atoms with Crippen LogP contribution in [0, 0.1) is 0 Å². The Morgan fingerprint density at radius 2 is 2.03 bits per heavy atom. The van der Waals surface area contributed by atoms with Gasteiger partial charge in [-0.3, -0.25) is 9.98 Å². The monoisotopic (exact) mass is 535 g/mol. The number of hydrogen-bond donors (Lipinski definition) is 1. The van der Waals surface area contributed by atoms with Crippen molar-refractivity contribution in [1.82, 2.24) is 20.1 Å². The van der Waals surface area contributed by atoms with Crippen LogP contribution in [0.5, 0.6) is 0 Å². The van der Waals surface area contributed by atoms with Crippen molar-refractivity contribution in [3.63, 3.8) is 0 Å². The number of carbonyl (C=O) groups is 1. The van der Waals surface area contributed by atoms with Gasteiger partial charge in [-0.2, -0.15) is 0 Å². The van der Waals surface area contributed by atoms with Crippen LogP contribution in [0.2, 0.25) is 0 Å². The van der Waals surface area contributed by atoms with Gasteiger partial charge in [-0.25, -0.2) is 4.79 Å². The summed E-state index contributed by atoms with van der Waals surface area (Å²) in [5.74, 6) is 0.909. The number of aromatic nitrogens is 1. The van der Waals surface area contributed by atoms with E-state index < -0.39 is 5.60 Å². The highest BCUT2D eigenvalue weighted by molar-refractivity contribution is 14.0. The second-order valence-corrected chi connectivity index (χ2v) is 8.71. The number of hydrogen-bond acceptors (Lipinski definition) is 6. The van der Waals surface area contributed by atoms with Crippen LogP contribution in [-0.4, -0.2) is 64.7 Å². The molecule has 4 rings (SSSR count). The number of guanidine groups is 1. The topological polar surface area (TPSA) is 70.1 Å². The fourth-order valence-electron chi connectivity index (χ4n) is 3.78. The van der Waals surface area contributed by atoms with Crippen molar-refractivity contribution in [3.05, 3.63) is 54.2 Å². The minimum atomic E-state index is -0.475. The van der Waals surface area contributed by atoms with Gasteiger partial charge in [0.25, 0.3) is 0 Å². The van der Waals surface area contributed by atoms with Gasteiger partial charge in [-0.1, -0.05) is 24.3 Å². The number of ether oxygens (including phenoxy) is 1. The fourth-order valence-corrected chi connectivity index (χ4v) is 3.78. The van der Waals surface area contributed by atoms with Gasteiger partial charge < -0.3 is 19.9 Å². The highest BCUT2D eigenvalue weighted by atomic mass is 127. The largest absolute Gasteiger partial charge is 0.444 e. The second kappa shape index (κ2) is 9.84. The van der Waals surface area contributed by atoms with Crippen molar-refractivity contribution in [2.45, 2.75) is 39.0 Å². The lowest BCUT2D eigenvalue weighted by atomic mass is 10.1. The molecule has 1 aromatic carbocycles. The van der Waals surface area contributed by atoms with Crippen LogP contribution in [0.1, 0.15) is 26.3 Å². The highest BCUT2D eigenvalue weighted by Gasteiger charge is 2.36. The molecule has 0 saturated carbocycles. The molecular formula is C23H30IN5O2. The number of aliphatic imine (C=N–C) groups is 1. The molecule has 8 heteroatoms. The number of carbonyl (C=O) groups excluding carboxylic acids is 1. The first-order chi connectivity index (χ1) is 14.4. The van der Waals surface area contributed by atoms with Crippen molar-refractivity contribution >= 4 is 36.0 Å². The molecule has 0 spiro atoms. The smallest absolute Gasteiger partial charge is 0.410 e. The van der Waals surface area contributed by atoms with Crippen LogP contribution in [0.4, 0.5) is 4.79 Å². The van der Waals surface area contributed by atoms with E-state index in [-0.39, 0.29) is 36.1 Å². The summed E-state index contributed by atoms with van der Waals surface area (Å²) in [6.45, 7) is 9.10. The van der Waals surface area contributed by atoms with Crippen LogP contribution in [0.15, 0.2) is 53.7 Å². The summed E-state index contributed by atoms with van der Waals surface area (Å²) in [5.41, 5.74) is 2.77. The van der Waals surface area contributed by atoms with E-state index in [0.717, 1.165) is 23.8 Å². The third-order valence-corrected chi connectivity index (χ3v) is 5.20. The van der Waals surface area contributed by atoms with Crippen LogP contribution in [0.3, 0.4) is 0 Å². The predicted octanol–water partition coefficient (Wildman–Crippen LogP) is 3.75. The number of benzene rings is 1. The summed E-state index contributed by atoms with van der Waals surface area (Å²) in [7, 11) is 0. The SMILES string of the molecule is CC(C)(C)OC(=O)N1CCN2C(NCc3cccc(-c4ccccn4)c3)=NCC2C1.I. The molecule has 0 aliphatic carbocycles. The molecule has 166 valence electrons. The highest BCUT2D eigenvalue weighted by Crippen LogP contribution is 2.20. The summed E-state index contributed by atoms with van der Waals surface area (Å²) < 4.78 is 5.52. The quantitative estimate of drug-likeness (QED) is 0.607. The molecule has 0 radical (unpaired) electrons. The number of pyridine rings is 1. The predicted molar refractivity (Wildman–Crippen MR) is 133 cm³/mol. The lowest BCUT2D eigenvalue weighted by Gasteiger charge is -2.39. The maximum Gasteiger partial charge on any atom is 0.410 e. The molecule has 1 saturated heterocycles. The van der Waals surface area contributed by atoms with E-state index in [4.69, 9.17) is 4.74 Å². The van der Waals surface area contributed by atoms with Crippen molar-refractivity contribution in [1.29, 1.82) is 0 Å². The maximum atomic E-state index is 12.4. The van der Waals surface area contributed by atoms with Gasteiger partial charge in [0.05, 0.1) is 18.3 Å². The van der Waals surface area contributed by atoms with Gasteiger partial charge in [0, 0.05) is 37.9 Å². The summed E-state index contributed by atoms with van der Waals surface area (Å²) in [6.07, 6.45) is 1.57. The van der Waals surface area contributed by atoms with Crippen LogP contribution in [-0.2, 0) is 11.3 Å². The molecule has 1 unspecified atom stereocenters. The van der Waals surface area contributed by atoms with Crippen molar-refractivity contribution < 1.29 is 9.53 Å². The average molecular weight is 535 g/mol. The number of amides is 1. The maximum absolute atomic E-state index is 12.4. The molecule has 1 amide bonds. The fraction of sp³-hybridized carbons (Fsp3) is 0.435. The minimum Gasteiger partial charge on any atom is -0.444 e. The first-order valence-electron chi connectivity index (χ1n) is 10.4. The summed E-state index contributed by atoms with van der Waals surface area (Å²) >= 11 is 0. The lowest BCUT2D eigenvalue weighted by molar-refractivity contribution is 0.0137. The first kappa shape index (κ1) is 23.3. The summed E-state index contributed by atoms with van der Waals surface area (Å²) in [6, 6.07) is 14.5. The molecule has 31 heavy (non-hydrogen) atoms. The zero-order valence-electron chi connectivity index (χ0n) is 18.2. The number of piperazine rings is 1. The Kier molecular flexibility index (Phi) is 7.40. The molecule has 1 fully saturated rings. The molecule has 3 heterocycles. The van der Waals surface area contributed by atoms with Gasteiger partial charge in [0.15, 0.2) is 5.96 Å². The summed E-state index contributed by atoms with van der Waals surface area (Å²) in [4.78, 5) is 25.5. The number of nitrogens with zero attached hydrogens (tertiary/aromatic N) is 4. The number of nitrogens with one attached hydrogen (secondary N) is 1. The van der Waals surface area contributed by atoms with Crippen molar-refractivity contribution in [3.8, 4) is 11.3 Å². The van der Waals surface area contributed by atoms with E-state index in [1.54, 1.807) is 4.90 Å². The molecule has 0 bridgehead atoms. The molecule has 1 N–H and O–H groups in total. The number of rotatable bonds is 3. The Labute approximate surface area is 200 Å². The van der Waals surface area contributed by atoms with E-state index in [1.807, 2.05) is 45.2 Å². The second-order valence-electron chi connectivity index (χ2n) is 8.71. The molecule has 7 nitrogen and oxygen atoms in total. The lowest BCUT2D eigenvalue weighted by Crippen LogP contribution is -2.57. The minimum absolute atomic E-state index is 0. The number of halogens is 1. The Hall–Kier alpha value is -2.36. The van der Waals surface area contributed by atoms with E-state index in [9.17, 15) is 4.79 Å². The Morgan fingerprint density at radius 3 is 2.77 bits per heavy atom. The van der Waals surface area contributed by atoms with Crippen LogP contribution in [0.25, 0.3) is 11.3 Å². The standard InChI is InChI=1S/C23H29N5O2.HI/c1-23(2,3)30-22(29)27-11-12-28-19(16-27)15-26-21(28)25-14-17-7-6-8-18(13-17)20-9-4-5-10-24-20;/h4-10,13,19H,11-12,14-16H2,1-3H3,(H,25,26);1H. The Morgan fingerprint density at radius 1 is 1.19 bits per heavy atom. The average Bonchev–Trinajstić information content (AvgIpc) is 3.14. The van der Waals surface area contributed by atoms with Gasteiger partial charge in [-0.05, 0) is 44.5 Å². The third kappa shape index (κ3) is 5.87. The van der Waals surface area contributed by atoms with Crippen molar-refractivity contribution in [2.75, 3.05) is 26.2 Å². The summed E-state index contributed by atoms with van der Waals surface area (Å²) in [5, 5.41) is 3.48. The van der Waals surface area contributed by atoms with E-state index >= 15 is 0 Å². The third-order valence-electron chi connectivity index (χ3n) is 5.20. The van der Waals surface area contributed by atoms with Gasteiger partial charge in [0.1, 0.15) is 5.60 Å². The Bertz CT molecular complexity index is 929. The van der Waals surface area contributed by atoms with E-state index in [0.29, 0.717) is 26.2 Å². The zero-order valence-corrected chi connectivity index (χ0v) is 20.6. The first-order valence-corrected chi connectivity index (χ1v) is 10.4. The molecule has 2 aromatic rings. The zero-order chi connectivity index (χ0) is 21.1.